The van der Waals surface area contributed by atoms with Crippen LogP contribution in [0.4, 0.5) is 0 Å². The summed E-state index contributed by atoms with van der Waals surface area (Å²) in [6, 6.07) is 0. The molecule has 5 heavy (non-hydrogen) atoms. The molecule has 0 saturated heterocycles. The minimum absolute atomic E-state index is 1.54. The van der Waals surface area contributed by atoms with Gasteiger partial charge < -0.3 is 4.43 Å². The number of hydrogen-bond donors (Lipinski definition) is 0. The van der Waals surface area contributed by atoms with Gasteiger partial charge in [0.25, 0.3) is 0 Å². The van der Waals surface area contributed by atoms with Gasteiger partial charge in [-0.1, -0.05) is 6.08 Å². The van der Waals surface area contributed by atoms with Crippen LogP contribution in [0.25, 0.3) is 0 Å². The molecular formula is C3H5OSi. The van der Waals surface area contributed by atoms with Gasteiger partial charge in [0.15, 0.2) is 0 Å². The van der Waals surface area contributed by atoms with Crippen molar-refractivity contribution >= 4 is 10.5 Å². The monoisotopic (exact) mass is 85.0 g/mol. The average Bonchev–Trinajstić information content (AvgIpc) is 1.41. The molecule has 0 atom stereocenters. The predicted octanol–water partition coefficient (Wildman–Crippen LogP) is 0.620. The van der Waals surface area contributed by atoms with Crippen LogP contribution >= 0.6 is 0 Å². The van der Waals surface area contributed by atoms with Gasteiger partial charge >= 0.3 is 10.5 Å². The van der Waals surface area contributed by atoms with E-state index in [4.69, 9.17) is 0 Å². The number of allylic oxidation sites excluding steroid dienone is 1. The highest BCUT2D eigenvalue weighted by atomic mass is 28.2. The lowest BCUT2D eigenvalue weighted by molar-refractivity contribution is 0.534. The first-order chi connectivity index (χ1) is 2.41. The second-order valence-corrected chi connectivity index (χ2v) is 0.823. The number of hydrogen-bond acceptors (Lipinski definition) is 1. The maximum atomic E-state index is 4.32. The highest BCUT2D eigenvalue weighted by molar-refractivity contribution is 5.98. The molecule has 2 heteroatoms. The molecule has 0 aliphatic rings. The predicted molar refractivity (Wildman–Crippen MR) is 21.7 cm³/mol. The normalized spacial score (nSPS) is 9.20. The smallest absolute Gasteiger partial charge is 0.340 e. The maximum Gasteiger partial charge on any atom is 0.340 e. The third-order valence-electron chi connectivity index (χ3n) is 0.204. The van der Waals surface area contributed by atoms with Crippen LogP contribution in [-0.2, 0) is 4.43 Å². The van der Waals surface area contributed by atoms with E-state index >= 15 is 0 Å². The Labute approximate surface area is 35.2 Å². The molecule has 0 aromatic rings. The number of rotatable bonds is 1. The highest BCUT2D eigenvalue weighted by Crippen LogP contribution is 1.63. The van der Waals surface area contributed by atoms with Gasteiger partial charge in [-0.05, 0) is 6.92 Å². The van der Waals surface area contributed by atoms with Crippen LogP contribution in [0.1, 0.15) is 6.92 Å². The minimum Gasteiger partial charge on any atom is -0.546 e. The molecule has 0 rings (SSSR count). The van der Waals surface area contributed by atoms with Crippen LogP contribution in [0.3, 0.4) is 0 Å². The van der Waals surface area contributed by atoms with Crippen molar-refractivity contribution in [3.63, 3.8) is 0 Å². The molecule has 3 radical (unpaired) electrons. The lowest BCUT2D eigenvalue weighted by atomic mass is 10.8. The minimum atomic E-state index is 1.54. The SMILES string of the molecule is C/C=C/O[Si]. The Kier molecular flexibility index (Phi) is 3.57. The van der Waals surface area contributed by atoms with Crippen LogP contribution in [0.5, 0.6) is 0 Å². The Balaban J connectivity index is 2.62. The van der Waals surface area contributed by atoms with Gasteiger partial charge in [-0.3, -0.25) is 0 Å². The van der Waals surface area contributed by atoms with E-state index in [2.05, 4.69) is 14.9 Å². The molecule has 0 aliphatic carbocycles. The quantitative estimate of drug-likeness (QED) is 0.335. The van der Waals surface area contributed by atoms with E-state index in [-0.39, 0.29) is 0 Å². The van der Waals surface area contributed by atoms with Gasteiger partial charge in [0.2, 0.25) is 0 Å². The Morgan fingerprint density at radius 3 is 2.40 bits per heavy atom. The fourth-order valence-electron chi connectivity index (χ4n) is 0.0680. The van der Waals surface area contributed by atoms with E-state index < -0.39 is 0 Å². The largest absolute Gasteiger partial charge is 0.546 e. The van der Waals surface area contributed by atoms with Crippen molar-refractivity contribution in [2.75, 3.05) is 0 Å². The van der Waals surface area contributed by atoms with Gasteiger partial charge in [0, 0.05) is 0 Å². The molecule has 0 saturated carbocycles. The molecular weight excluding hydrogens is 80.1 g/mol. The molecule has 1 nitrogen and oxygen atoms in total. The molecule has 0 bridgehead atoms. The van der Waals surface area contributed by atoms with Gasteiger partial charge in [-0.2, -0.15) is 0 Å². The fourth-order valence-corrected chi connectivity index (χ4v) is 0.204. The zero-order chi connectivity index (χ0) is 4.12. The van der Waals surface area contributed by atoms with E-state index in [0.717, 1.165) is 0 Å². The molecule has 0 spiro atoms. The first-order valence-electron chi connectivity index (χ1n) is 1.35. The van der Waals surface area contributed by atoms with Crippen molar-refractivity contribution in [3.8, 4) is 0 Å². The van der Waals surface area contributed by atoms with Crippen molar-refractivity contribution in [3.05, 3.63) is 12.3 Å². The van der Waals surface area contributed by atoms with E-state index in [1.165, 1.54) is 6.26 Å². The summed E-state index contributed by atoms with van der Waals surface area (Å²) >= 11 is 0. The first-order valence-corrected chi connectivity index (χ1v) is 1.76. The van der Waals surface area contributed by atoms with Crippen LogP contribution in [0.2, 0.25) is 0 Å². The molecule has 0 amide bonds. The van der Waals surface area contributed by atoms with E-state index in [1.807, 2.05) is 6.92 Å². The lowest BCUT2D eigenvalue weighted by Crippen LogP contribution is -1.62. The molecule has 0 unspecified atom stereocenters. The summed E-state index contributed by atoms with van der Waals surface area (Å²) in [5.41, 5.74) is 0. The summed E-state index contributed by atoms with van der Waals surface area (Å²) in [5, 5.41) is 0. The maximum absolute atomic E-state index is 4.32. The van der Waals surface area contributed by atoms with Crippen LogP contribution in [-0.4, -0.2) is 10.5 Å². The second kappa shape index (κ2) is 3.76. The topological polar surface area (TPSA) is 9.23 Å². The van der Waals surface area contributed by atoms with Gasteiger partial charge in [0.1, 0.15) is 0 Å². The van der Waals surface area contributed by atoms with Crippen molar-refractivity contribution in [2.24, 2.45) is 0 Å². The molecule has 0 N–H and O–H groups in total. The highest BCUT2D eigenvalue weighted by Gasteiger charge is 1.49. The third kappa shape index (κ3) is 3.76. The van der Waals surface area contributed by atoms with Gasteiger partial charge in [-0.25, -0.2) is 0 Å². The average molecular weight is 85.2 g/mol. The zero-order valence-corrected chi connectivity index (χ0v) is 4.06. The van der Waals surface area contributed by atoms with Crippen molar-refractivity contribution < 1.29 is 4.43 Å². The van der Waals surface area contributed by atoms with E-state index in [9.17, 15) is 0 Å². The third-order valence-corrected chi connectivity index (χ3v) is 0.340. The summed E-state index contributed by atoms with van der Waals surface area (Å²) < 4.78 is 4.32. The summed E-state index contributed by atoms with van der Waals surface area (Å²) in [6.45, 7) is 1.88. The molecule has 27 valence electrons. The fraction of sp³-hybridized carbons (Fsp3) is 0.333. The van der Waals surface area contributed by atoms with Crippen LogP contribution < -0.4 is 0 Å². The standard InChI is InChI=1S/C3H5OSi/c1-2-3-4-5/h2-3H,1H3/b3-2+. The zero-order valence-electron chi connectivity index (χ0n) is 3.06. The molecule has 0 fully saturated rings. The first kappa shape index (κ1) is 4.76. The molecule has 0 aromatic heterocycles. The van der Waals surface area contributed by atoms with Gasteiger partial charge in [-0.15, -0.1) is 0 Å². The summed E-state index contributed by atoms with van der Waals surface area (Å²) in [6.07, 6.45) is 3.32. The Hall–Kier alpha value is -0.243. The van der Waals surface area contributed by atoms with Gasteiger partial charge in [0.05, 0.1) is 6.26 Å². The lowest BCUT2D eigenvalue weighted by Gasteiger charge is -1.75. The van der Waals surface area contributed by atoms with Crippen LogP contribution in [0.15, 0.2) is 12.3 Å². The van der Waals surface area contributed by atoms with E-state index in [1.54, 1.807) is 6.08 Å². The summed E-state index contributed by atoms with van der Waals surface area (Å²) in [4.78, 5) is 0. The summed E-state index contributed by atoms with van der Waals surface area (Å²) in [5.74, 6) is 0. The Morgan fingerprint density at radius 2 is 2.40 bits per heavy atom. The molecule has 0 aliphatic heterocycles. The van der Waals surface area contributed by atoms with Crippen molar-refractivity contribution in [1.29, 1.82) is 0 Å². The molecule has 0 heterocycles. The van der Waals surface area contributed by atoms with Crippen LogP contribution in [0, 0.1) is 0 Å². The Morgan fingerprint density at radius 1 is 1.80 bits per heavy atom. The molecule has 0 aromatic carbocycles. The van der Waals surface area contributed by atoms with E-state index in [0.29, 0.717) is 0 Å². The van der Waals surface area contributed by atoms with Crippen molar-refractivity contribution in [1.82, 2.24) is 0 Å². The van der Waals surface area contributed by atoms with Crippen molar-refractivity contribution in [2.45, 2.75) is 6.92 Å². The second-order valence-electron chi connectivity index (χ2n) is 0.587. The summed E-state index contributed by atoms with van der Waals surface area (Å²) in [7, 11) is 2.76. The Bertz CT molecular complexity index is 33.9.